The fraction of sp³-hybridized carbons (Fsp3) is 0.138. The zero-order valence-electron chi connectivity index (χ0n) is 22.1. The fourth-order valence-corrected chi connectivity index (χ4v) is 5.36. The molecule has 0 fully saturated rings. The van der Waals surface area contributed by atoms with Crippen molar-refractivity contribution in [1.82, 2.24) is 9.73 Å². The van der Waals surface area contributed by atoms with Crippen molar-refractivity contribution in [3.8, 4) is 0 Å². The SMILES string of the molecule is Cc1ccc(CN(Cc2ccc(/C=N/NC(=O)C(=O)Nc3ccc(Cl)c(Cl)c3)o2)S(=O)(=O)c2ccc(C)cc2)cc1. The van der Waals surface area contributed by atoms with Gasteiger partial charge in [-0.25, -0.2) is 13.8 Å². The number of nitrogens with one attached hydrogen (secondary N) is 2. The van der Waals surface area contributed by atoms with Crippen LogP contribution >= 0.6 is 23.2 Å². The summed E-state index contributed by atoms with van der Waals surface area (Å²) in [4.78, 5) is 24.4. The van der Waals surface area contributed by atoms with Crippen LogP contribution in [-0.4, -0.2) is 30.8 Å². The predicted octanol–water partition coefficient (Wildman–Crippen LogP) is 5.68. The maximum absolute atomic E-state index is 13.6. The largest absolute Gasteiger partial charge is 0.459 e. The smallest absolute Gasteiger partial charge is 0.329 e. The third-order valence-electron chi connectivity index (χ3n) is 5.89. The molecule has 2 N–H and O–H groups in total. The van der Waals surface area contributed by atoms with E-state index in [1.807, 2.05) is 38.1 Å². The van der Waals surface area contributed by atoms with Gasteiger partial charge in [-0.2, -0.15) is 9.41 Å². The molecular weight excluding hydrogens is 587 g/mol. The maximum Gasteiger partial charge on any atom is 0.329 e. The number of hydrogen-bond acceptors (Lipinski definition) is 6. The van der Waals surface area contributed by atoms with Gasteiger partial charge in [-0.1, -0.05) is 70.7 Å². The molecule has 1 heterocycles. The number of sulfonamides is 1. The van der Waals surface area contributed by atoms with Crippen LogP contribution in [0.2, 0.25) is 10.0 Å². The Morgan fingerprint density at radius 3 is 2.17 bits per heavy atom. The Bertz CT molecular complexity index is 1690. The molecule has 0 aliphatic carbocycles. The number of amides is 2. The van der Waals surface area contributed by atoms with Crippen LogP contribution in [-0.2, 0) is 32.7 Å². The van der Waals surface area contributed by atoms with Gasteiger partial charge in [-0.05, 0) is 61.9 Å². The van der Waals surface area contributed by atoms with Crippen molar-refractivity contribution in [3.05, 3.63) is 117 Å². The quantitative estimate of drug-likeness (QED) is 0.143. The molecule has 212 valence electrons. The summed E-state index contributed by atoms with van der Waals surface area (Å²) in [5, 5.41) is 6.67. The Hall–Kier alpha value is -3.96. The lowest BCUT2D eigenvalue weighted by atomic mass is 10.1. The van der Waals surface area contributed by atoms with E-state index in [1.54, 1.807) is 36.4 Å². The lowest BCUT2D eigenvalue weighted by Gasteiger charge is -2.21. The number of rotatable bonds is 9. The zero-order chi connectivity index (χ0) is 29.6. The number of furan rings is 1. The molecule has 0 atom stereocenters. The van der Waals surface area contributed by atoms with E-state index in [0.717, 1.165) is 16.7 Å². The Balaban J connectivity index is 1.43. The predicted molar refractivity (Wildman–Crippen MR) is 158 cm³/mol. The second kappa shape index (κ2) is 13.1. The van der Waals surface area contributed by atoms with Gasteiger partial charge in [0.05, 0.1) is 27.7 Å². The van der Waals surface area contributed by atoms with E-state index in [0.29, 0.717) is 10.8 Å². The molecule has 12 heteroatoms. The number of nitrogens with zero attached hydrogens (tertiary/aromatic N) is 2. The normalized spacial score (nSPS) is 11.6. The van der Waals surface area contributed by atoms with Crippen molar-refractivity contribution >= 4 is 56.9 Å². The minimum Gasteiger partial charge on any atom is -0.459 e. The van der Waals surface area contributed by atoms with Crippen molar-refractivity contribution in [2.75, 3.05) is 5.32 Å². The molecule has 4 aromatic rings. The zero-order valence-corrected chi connectivity index (χ0v) is 24.4. The first-order valence-corrected chi connectivity index (χ1v) is 14.5. The molecule has 0 saturated heterocycles. The van der Waals surface area contributed by atoms with Gasteiger partial charge in [0.15, 0.2) is 0 Å². The highest BCUT2D eigenvalue weighted by Crippen LogP contribution is 2.25. The third kappa shape index (κ3) is 8.05. The van der Waals surface area contributed by atoms with E-state index in [9.17, 15) is 18.0 Å². The van der Waals surface area contributed by atoms with Crippen molar-refractivity contribution < 1.29 is 22.4 Å². The summed E-state index contributed by atoms with van der Waals surface area (Å²) in [5.74, 6) is -1.38. The summed E-state index contributed by atoms with van der Waals surface area (Å²) >= 11 is 11.8. The van der Waals surface area contributed by atoms with Crippen molar-refractivity contribution in [2.24, 2.45) is 5.10 Å². The van der Waals surface area contributed by atoms with Crippen LogP contribution in [0.25, 0.3) is 0 Å². The highest BCUT2D eigenvalue weighted by Gasteiger charge is 2.26. The average Bonchev–Trinajstić information content (AvgIpc) is 3.39. The van der Waals surface area contributed by atoms with Gasteiger partial charge in [-0.15, -0.1) is 0 Å². The van der Waals surface area contributed by atoms with Crippen molar-refractivity contribution in [2.45, 2.75) is 31.8 Å². The first-order valence-electron chi connectivity index (χ1n) is 12.3. The van der Waals surface area contributed by atoms with E-state index < -0.39 is 21.8 Å². The minimum absolute atomic E-state index is 0.0453. The second-order valence-electron chi connectivity index (χ2n) is 9.16. The molecule has 0 aliphatic rings. The van der Waals surface area contributed by atoms with E-state index in [1.165, 1.54) is 28.7 Å². The third-order valence-corrected chi connectivity index (χ3v) is 8.44. The summed E-state index contributed by atoms with van der Waals surface area (Å²) in [6.45, 7) is 3.93. The molecular formula is C29H26Cl2N4O5S. The molecule has 0 saturated carbocycles. The molecule has 1 aromatic heterocycles. The number of benzene rings is 3. The number of carbonyl (C=O) groups excluding carboxylic acids is 2. The van der Waals surface area contributed by atoms with Crippen LogP contribution in [0.5, 0.6) is 0 Å². The number of aryl methyl sites for hydroxylation is 2. The van der Waals surface area contributed by atoms with Crippen LogP contribution in [0.15, 0.2) is 93.3 Å². The number of anilines is 1. The molecule has 2 amide bonds. The molecule has 4 rings (SSSR count). The number of carbonyl (C=O) groups is 2. The van der Waals surface area contributed by atoms with Gasteiger partial charge in [0.25, 0.3) is 0 Å². The van der Waals surface area contributed by atoms with Gasteiger partial charge in [-0.3, -0.25) is 9.59 Å². The molecule has 0 aliphatic heterocycles. The topological polar surface area (TPSA) is 121 Å². The Labute approximate surface area is 247 Å². The first kappa shape index (κ1) is 30.0. The summed E-state index contributed by atoms with van der Waals surface area (Å²) in [7, 11) is -3.86. The lowest BCUT2D eigenvalue weighted by Crippen LogP contribution is -2.32. The fourth-order valence-electron chi connectivity index (χ4n) is 3.67. The Morgan fingerprint density at radius 1 is 0.854 bits per heavy atom. The summed E-state index contributed by atoms with van der Waals surface area (Å²) in [6, 6.07) is 21.8. The van der Waals surface area contributed by atoms with E-state index in [-0.39, 0.29) is 34.5 Å². The van der Waals surface area contributed by atoms with Crippen LogP contribution < -0.4 is 10.7 Å². The van der Waals surface area contributed by atoms with Crippen LogP contribution in [0.4, 0.5) is 5.69 Å². The highest BCUT2D eigenvalue weighted by molar-refractivity contribution is 7.89. The second-order valence-corrected chi connectivity index (χ2v) is 11.9. The standard InChI is InChI=1S/C29H26Cl2N4O5S/c1-19-3-7-21(8-4-19)17-35(41(38,39)25-12-5-20(2)6-13-25)18-24-11-10-23(40-24)16-32-34-29(37)28(36)33-22-9-14-26(30)27(31)15-22/h3-16H,17-18H2,1-2H3,(H,33,36)(H,34,37)/b32-16+. The number of halogens is 2. The summed E-state index contributed by atoms with van der Waals surface area (Å²) in [5.41, 5.74) is 5.23. The molecule has 0 bridgehead atoms. The monoisotopic (exact) mass is 612 g/mol. The molecule has 0 radical (unpaired) electrons. The van der Waals surface area contributed by atoms with Gasteiger partial charge in [0.2, 0.25) is 10.0 Å². The molecule has 0 unspecified atom stereocenters. The lowest BCUT2D eigenvalue weighted by molar-refractivity contribution is -0.136. The van der Waals surface area contributed by atoms with E-state index in [2.05, 4.69) is 15.8 Å². The number of hydrazone groups is 1. The first-order chi connectivity index (χ1) is 19.5. The Kier molecular flexibility index (Phi) is 9.61. The van der Waals surface area contributed by atoms with E-state index >= 15 is 0 Å². The molecule has 0 spiro atoms. The summed E-state index contributed by atoms with van der Waals surface area (Å²) in [6.07, 6.45) is 1.20. The van der Waals surface area contributed by atoms with Gasteiger partial charge >= 0.3 is 11.8 Å². The van der Waals surface area contributed by atoms with E-state index in [4.69, 9.17) is 27.6 Å². The minimum atomic E-state index is -3.86. The average molecular weight is 614 g/mol. The van der Waals surface area contributed by atoms with Gasteiger partial charge in [0, 0.05) is 12.2 Å². The Morgan fingerprint density at radius 2 is 1.51 bits per heavy atom. The van der Waals surface area contributed by atoms with Crippen LogP contribution in [0.1, 0.15) is 28.2 Å². The summed E-state index contributed by atoms with van der Waals surface area (Å²) < 4.78 is 34.2. The number of hydrogen-bond donors (Lipinski definition) is 2. The van der Waals surface area contributed by atoms with Crippen LogP contribution in [0.3, 0.4) is 0 Å². The van der Waals surface area contributed by atoms with Crippen LogP contribution in [0, 0.1) is 13.8 Å². The molecule has 41 heavy (non-hydrogen) atoms. The molecule has 3 aromatic carbocycles. The van der Waals surface area contributed by atoms with Crippen molar-refractivity contribution in [3.63, 3.8) is 0 Å². The van der Waals surface area contributed by atoms with Gasteiger partial charge < -0.3 is 9.73 Å². The van der Waals surface area contributed by atoms with Gasteiger partial charge in [0.1, 0.15) is 11.5 Å². The highest BCUT2D eigenvalue weighted by atomic mass is 35.5. The maximum atomic E-state index is 13.6. The van der Waals surface area contributed by atoms with Crippen molar-refractivity contribution in [1.29, 1.82) is 0 Å². The molecule has 9 nitrogen and oxygen atoms in total.